The van der Waals surface area contributed by atoms with Crippen molar-refractivity contribution in [1.29, 1.82) is 0 Å². The van der Waals surface area contributed by atoms with Gasteiger partial charge < -0.3 is 15.5 Å². The molecule has 1 fully saturated rings. The van der Waals surface area contributed by atoms with Gasteiger partial charge in [0.05, 0.1) is 18.2 Å². The lowest BCUT2D eigenvalue weighted by Gasteiger charge is -2.36. The van der Waals surface area contributed by atoms with Gasteiger partial charge in [0.25, 0.3) is 0 Å². The molecule has 0 aliphatic heterocycles. The zero-order chi connectivity index (χ0) is 21.5. The third-order valence-corrected chi connectivity index (χ3v) is 6.30. The van der Waals surface area contributed by atoms with Crippen molar-refractivity contribution in [1.82, 2.24) is 5.32 Å². The van der Waals surface area contributed by atoms with E-state index in [0.29, 0.717) is 5.92 Å². The topological polar surface area (TPSA) is 69.6 Å². The molecule has 0 aromatic carbocycles. The number of rotatable bonds is 8. The Morgan fingerprint density at radius 3 is 2.43 bits per heavy atom. The van der Waals surface area contributed by atoms with Crippen molar-refractivity contribution < 1.29 is 15.0 Å². The monoisotopic (exact) mass is 389 g/mol. The van der Waals surface area contributed by atoms with Crippen LogP contribution in [0.1, 0.15) is 67.2 Å². The van der Waals surface area contributed by atoms with E-state index in [1.54, 1.807) is 13.8 Å². The Labute approximate surface area is 171 Å². The van der Waals surface area contributed by atoms with E-state index in [2.05, 4.69) is 31.2 Å². The van der Waals surface area contributed by atoms with Gasteiger partial charge in [-0.3, -0.25) is 4.79 Å². The van der Waals surface area contributed by atoms with Crippen LogP contribution in [0.5, 0.6) is 0 Å². The molecule has 0 heterocycles. The number of amides is 1. The number of aliphatic hydroxyl groups is 2. The molecular weight excluding hydrogens is 350 g/mol. The van der Waals surface area contributed by atoms with Gasteiger partial charge in [0.1, 0.15) is 0 Å². The van der Waals surface area contributed by atoms with Gasteiger partial charge in [-0.05, 0) is 39.5 Å². The van der Waals surface area contributed by atoms with Crippen LogP contribution in [0, 0.1) is 35.5 Å². The maximum atomic E-state index is 11.2. The van der Waals surface area contributed by atoms with E-state index < -0.39 is 18.2 Å². The number of hydrogen-bond donors (Lipinski definition) is 3. The van der Waals surface area contributed by atoms with Crippen LogP contribution >= 0.6 is 0 Å². The number of aliphatic hydroxyl groups excluding tert-OH is 2. The highest BCUT2D eigenvalue weighted by atomic mass is 16.3. The third-order valence-electron chi connectivity index (χ3n) is 6.30. The van der Waals surface area contributed by atoms with Gasteiger partial charge in [-0.15, -0.1) is 6.42 Å². The first kappa shape index (κ1) is 24.5. The average molecular weight is 390 g/mol. The Bertz CT molecular complexity index is 618. The first-order valence-corrected chi connectivity index (χ1v) is 10.5. The largest absolute Gasteiger partial charge is 0.392 e. The Hall–Kier alpha value is -1.57. The molecule has 7 atom stereocenters. The fourth-order valence-corrected chi connectivity index (χ4v) is 4.14. The van der Waals surface area contributed by atoms with Crippen LogP contribution in [-0.2, 0) is 4.79 Å². The van der Waals surface area contributed by atoms with Crippen molar-refractivity contribution in [2.45, 2.75) is 85.5 Å². The molecule has 1 rings (SSSR count). The van der Waals surface area contributed by atoms with Crippen molar-refractivity contribution in [2.75, 3.05) is 0 Å². The lowest BCUT2D eigenvalue weighted by Crippen LogP contribution is -2.47. The summed E-state index contributed by atoms with van der Waals surface area (Å²) in [5.74, 6) is 2.71. The first-order chi connectivity index (χ1) is 13.0. The summed E-state index contributed by atoms with van der Waals surface area (Å²) in [5, 5.41) is 23.7. The second-order valence-electron chi connectivity index (χ2n) is 8.87. The van der Waals surface area contributed by atoms with E-state index >= 15 is 0 Å². The van der Waals surface area contributed by atoms with E-state index in [4.69, 9.17) is 6.42 Å². The van der Waals surface area contributed by atoms with E-state index in [0.717, 1.165) is 18.4 Å². The van der Waals surface area contributed by atoms with Gasteiger partial charge >= 0.3 is 0 Å². The molecule has 1 aliphatic rings. The average Bonchev–Trinajstić information content (AvgIpc) is 2.65. The number of carbonyl (C=O) groups excluding carboxylic acids is 1. The molecule has 1 saturated carbocycles. The number of hydrogen-bond acceptors (Lipinski definition) is 3. The first-order valence-electron chi connectivity index (χ1n) is 10.5. The van der Waals surface area contributed by atoms with Crippen LogP contribution < -0.4 is 5.32 Å². The predicted molar refractivity (Wildman–Crippen MR) is 115 cm³/mol. The van der Waals surface area contributed by atoms with Crippen LogP contribution in [-0.4, -0.2) is 34.4 Å². The smallest absolute Gasteiger partial charge is 0.217 e. The molecule has 1 aliphatic carbocycles. The maximum Gasteiger partial charge on any atom is 0.217 e. The molecule has 0 spiro atoms. The van der Waals surface area contributed by atoms with Crippen LogP contribution in [0.4, 0.5) is 0 Å². The van der Waals surface area contributed by atoms with Crippen LogP contribution in [0.3, 0.4) is 0 Å². The highest BCUT2D eigenvalue weighted by Crippen LogP contribution is 2.41. The Morgan fingerprint density at radius 1 is 1.21 bits per heavy atom. The zero-order valence-electron chi connectivity index (χ0n) is 18.4. The lowest BCUT2D eigenvalue weighted by atomic mass is 9.67. The molecule has 28 heavy (non-hydrogen) atoms. The summed E-state index contributed by atoms with van der Waals surface area (Å²) in [7, 11) is 0. The molecule has 0 bridgehead atoms. The van der Waals surface area contributed by atoms with E-state index in [1.807, 2.05) is 19.1 Å². The number of carbonyl (C=O) groups is 1. The zero-order valence-corrected chi connectivity index (χ0v) is 18.4. The number of allylic oxidation sites excluding steroid dienone is 3. The summed E-state index contributed by atoms with van der Waals surface area (Å²) in [5.41, 5.74) is 1.07. The molecule has 0 saturated heterocycles. The molecule has 4 nitrogen and oxygen atoms in total. The third kappa shape index (κ3) is 6.79. The quantitative estimate of drug-likeness (QED) is 0.436. The second-order valence-corrected chi connectivity index (χ2v) is 8.87. The standard InChI is InChI=1S/C24H39NO3/c1-8-24(7)14-10-9-11-21(24)15-16(2)12-13-17(3)22(27)18(4)23(28)19(5)25-20(6)26/h1,12-13,15,17-19,21-23,27-28H,9-11,14H2,2-7H3,(H,25,26)/b13-12+,16-15+/t17-,18+,19-,21-,22-,23+,24-/m1/s1. The highest BCUT2D eigenvalue weighted by molar-refractivity contribution is 5.73. The molecule has 1 amide bonds. The van der Waals surface area contributed by atoms with Gasteiger partial charge in [-0.2, -0.15) is 0 Å². The fraction of sp³-hybridized carbons (Fsp3) is 0.708. The van der Waals surface area contributed by atoms with Crippen LogP contribution in [0.2, 0.25) is 0 Å². The molecule has 0 aromatic rings. The Morgan fingerprint density at radius 2 is 1.86 bits per heavy atom. The minimum absolute atomic E-state index is 0.0725. The van der Waals surface area contributed by atoms with Crippen molar-refractivity contribution >= 4 is 5.91 Å². The highest BCUT2D eigenvalue weighted by Gasteiger charge is 2.33. The van der Waals surface area contributed by atoms with Gasteiger partial charge in [-0.25, -0.2) is 0 Å². The molecular formula is C24H39NO3. The van der Waals surface area contributed by atoms with E-state index in [1.165, 1.54) is 19.8 Å². The molecule has 0 unspecified atom stereocenters. The van der Waals surface area contributed by atoms with Gasteiger partial charge in [-0.1, -0.05) is 56.4 Å². The molecule has 0 radical (unpaired) electrons. The van der Waals surface area contributed by atoms with Crippen molar-refractivity contribution in [3.8, 4) is 12.3 Å². The van der Waals surface area contributed by atoms with E-state index in [9.17, 15) is 15.0 Å². The summed E-state index contributed by atoms with van der Waals surface area (Å²) in [4.78, 5) is 11.2. The molecule has 0 aromatic heterocycles. The van der Waals surface area contributed by atoms with Crippen molar-refractivity contribution in [2.24, 2.45) is 23.2 Å². The predicted octanol–water partition coefficient (Wildman–Crippen LogP) is 3.84. The minimum atomic E-state index is -0.815. The second kappa shape index (κ2) is 10.8. The van der Waals surface area contributed by atoms with E-state index in [-0.39, 0.29) is 23.2 Å². The summed E-state index contributed by atoms with van der Waals surface area (Å²) >= 11 is 0. The number of terminal acetylenes is 1. The fourth-order valence-electron chi connectivity index (χ4n) is 4.14. The summed E-state index contributed by atoms with van der Waals surface area (Å²) in [6.45, 7) is 11.2. The number of nitrogens with one attached hydrogen (secondary N) is 1. The van der Waals surface area contributed by atoms with Crippen LogP contribution in [0.15, 0.2) is 23.8 Å². The summed E-state index contributed by atoms with van der Waals surface area (Å²) < 4.78 is 0. The molecule has 3 N–H and O–H groups in total. The summed E-state index contributed by atoms with van der Waals surface area (Å²) in [6, 6.07) is -0.410. The van der Waals surface area contributed by atoms with Gasteiger partial charge in [0, 0.05) is 24.2 Å². The molecule has 158 valence electrons. The van der Waals surface area contributed by atoms with Crippen molar-refractivity contribution in [3.05, 3.63) is 23.8 Å². The normalized spacial score (nSPS) is 28.8. The Balaban J connectivity index is 2.74. The van der Waals surface area contributed by atoms with Gasteiger partial charge in [0.15, 0.2) is 0 Å². The van der Waals surface area contributed by atoms with Gasteiger partial charge in [0.2, 0.25) is 5.91 Å². The minimum Gasteiger partial charge on any atom is -0.392 e. The summed E-state index contributed by atoms with van der Waals surface area (Å²) in [6.07, 6.45) is 15.2. The van der Waals surface area contributed by atoms with Crippen LogP contribution in [0.25, 0.3) is 0 Å². The van der Waals surface area contributed by atoms with Crippen molar-refractivity contribution in [3.63, 3.8) is 0 Å². The SMILES string of the molecule is C#C[C@]1(C)CCCC[C@@H]1/C=C(C)/C=C/[C@@H](C)[C@@H](O)[C@H](C)[C@H](O)[C@@H](C)NC(C)=O. The lowest BCUT2D eigenvalue weighted by molar-refractivity contribution is -0.121. The molecule has 4 heteroatoms. The Kier molecular flexibility index (Phi) is 9.47. The maximum absolute atomic E-state index is 11.2.